The highest BCUT2D eigenvalue weighted by atomic mass is 16.1. The van der Waals surface area contributed by atoms with Crippen LogP contribution in [0.15, 0.2) is 30.6 Å². The molecule has 1 aromatic heterocycles. The van der Waals surface area contributed by atoms with Crippen molar-refractivity contribution in [3.63, 3.8) is 0 Å². The van der Waals surface area contributed by atoms with Gasteiger partial charge in [0.2, 0.25) is 0 Å². The molecule has 1 aromatic carbocycles. The van der Waals surface area contributed by atoms with Crippen LogP contribution in [0.2, 0.25) is 0 Å². The van der Waals surface area contributed by atoms with Crippen molar-refractivity contribution in [2.75, 3.05) is 13.1 Å². The summed E-state index contributed by atoms with van der Waals surface area (Å²) in [5.41, 5.74) is 2.18. The highest BCUT2D eigenvalue weighted by molar-refractivity contribution is 5.97. The number of rotatable bonds is 2. The van der Waals surface area contributed by atoms with Crippen LogP contribution in [0.5, 0.6) is 0 Å². The number of fused-ring (bicyclic) bond motifs is 1. The Labute approximate surface area is 105 Å². The lowest BCUT2D eigenvalue weighted by Crippen LogP contribution is -2.36. The molecule has 1 unspecified atom stereocenters. The Morgan fingerprint density at radius 3 is 2.89 bits per heavy atom. The van der Waals surface area contributed by atoms with Gasteiger partial charge in [-0.1, -0.05) is 0 Å². The molecule has 1 amide bonds. The first-order valence-electron chi connectivity index (χ1n) is 6.05. The zero-order valence-electron chi connectivity index (χ0n) is 9.89. The highest BCUT2D eigenvalue weighted by Crippen LogP contribution is 2.11. The Hall–Kier alpha value is -2.01. The van der Waals surface area contributed by atoms with Crippen LogP contribution < -0.4 is 10.6 Å². The predicted octanol–water partition coefficient (Wildman–Crippen LogP) is 0.721. The zero-order valence-corrected chi connectivity index (χ0v) is 9.89. The molecule has 0 bridgehead atoms. The zero-order chi connectivity index (χ0) is 12.4. The number of benzene rings is 1. The summed E-state index contributed by atoms with van der Waals surface area (Å²) in [5.74, 6) is -0.0451. The van der Waals surface area contributed by atoms with Crippen molar-refractivity contribution in [3.05, 3.63) is 36.2 Å². The Morgan fingerprint density at radius 2 is 2.11 bits per heavy atom. The van der Waals surface area contributed by atoms with E-state index < -0.39 is 0 Å². The molecule has 1 aliphatic heterocycles. The number of hydrogen-bond acceptors (Lipinski definition) is 4. The second-order valence-corrected chi connectivity index (χ2v) is 4.42. The van der Waals surface area contributed by atoms with Gasteiger partial charge in [0.25, 0.3) is 5.91 Å². The largest absolute Gasteiger partial charge is 0.348 e. The van der Waals surface area contributed by atoms with E-state index in [-0.39, 0.29) is 11.9 Å². The van der Waals surface area contributed by atoms with Gasteiger partial charge in [-0.05, 0) is 31.2 Å². The molecule has 0 radical (unpaired) electrons. The van der Waals surface area contributed by atoms with Crippen molar-refractivity contribution in [1.82, 2.24) is 20.6 Å². The summed E-state index contributed by atoms with van der Waals surface area (Å²) in [5, 5.41) is 6.23. The molecule has 1 fully saturated rings. The van der Waals surface area contributed by atoms with E-state index >= 15 is 0 Å². The van der Waals surface area contributed by atoms with Crippen LogP contribution >= 0.6 is 0 Å². The lowest BCUT2D eigenvalue weighted by Gasteiger charge is -2.11. The normalized spacial score (nSPS) is 19.0. The smallest absolute Gasteiger partial charge is 0.251 e. The molecule has 5 heteroatoms. The molecule has 2 N–H and O–H groups in total. The maximum atomic E-state index is 12.1. The van der Waals surface area contributed by atoms with Gasteiger partial charge in [0, 0.05) is 30.5 Å². The van der Waals surface area contributed by atoms with Gasteiger partial charge in [-0.25, -0.2) is 0 Å². The van der Waals surface area contributed by atoms with Crippen LogP contribution in [0, 0.1) is 0 Å². The molecule has 1 aliphatic rings. The van der Waals surface area contributed by atoms with Crippen LogP contribution in [0.4, 0.5) is 0 Å². The third-order valence-corrected chi connectivity index (χ3v) is 3.13. The van der Waals surface area contributed by atoms with Gasteiger partial charge >= 0.3 is 0 Å². The van der Waals surface area contributed by atoms with E-state index in [0.29, 0.717) is 5.56 Å². The number of nitrogens with one attached hydrogen (secondary N) is 2. The Bertz CT molecular complexity index is 578. The molecule has 2 aromatic rings. The minimum atomic E-state index is -0.0451. The second kappa shape index (κ2) is 4.70. The van der Waals surface area contributed by atoms with Crippen molar-refractivity contribution in [2.24, 2.45) is 0 Å². The SMILES string of the molecule is O=C(NC1CCNC1)c1ccc2nccnc2c1. The summed E-state index contributed by atoms with van der Waals surface area (Å²) < 4.78 is 0. The number of aromatic nitrogens is 2. The van der Waals surface area contributed by atoms with Gasteiger partial charge in [-0.3, -0.25) is 14.8 Å². The molecule has 18 heavy (non-hydrogen) atoms. The molecule has 1 atom stereocenters. The van der Waals surface area contributed by atoms with E-state index in [2.05, 4.69) is 20.6 Å². The monoisotopic (exact) mass is 242 g/mol. The molecule has 0 saturated carbocycles. The van der Waals surface area contributed by atoms with E-state index in [4.69, 9.17) is 0 Å². The van der Waals surface area contributed by atoms with E-state index in [1.807, 2.05) is 6.07 Å². The number of amides is 1. The molecular formula is C13H14N4O. The fourth-order valence-corrected chi connectivity index (χ4v) is 2.15. The van der Waals surface area contributed by atoms with Crippen LogP contribution in [0.1, 0.15) is 16.8 Å². The van der Waals surface area contributed by atoms with Crippen molar-refractivity contribution in [1.29, 1.82) is 0 Å². The van der Waals surface area contributed by atoms with Gasteiger partial charge in [0.15, 0.2) is 0 Å². The molecule has 92 valence electrons. The molecule has 5 nitrogen and oxygen atoms in total. The Balaban J connectivity index is 1.82. The van der Waals surface area contributed by atoms with Crippen LogP contribution in [-0.4, -0.2) is 35.0 Å². The second-order valence-electron chi connectivity index (χ2n) is 4.42. The van der Waals surface area contributed by atoms with Crippen LogP contribution in [-0.2, 0) is 0 Å². The van der Waals surface area contributed by atoms with Crippen LogP contribution in [0.25, 0.3) is 11.0 Å². The minimum Gasteiger partial charge on any atom is -0.348 e. The quantitative estimate of drug-likeness (QED) is 0.814. The highest BCUT2D eigenvalue weighted by Gasteiger charge is 2.17. The number of hydrogen-bond donors (Lipinski definition) is 2. The van der Waals surface area contributed by atoms with Gasteiger partial charge < -0.3 is 10.6 Å². The van der Waals surface area contributed by atoms with Crippen molar-refractivity contribution >= 4 is 16.9 Å². The summed E-state index contributed by atoms with van der Waals surface area (Å²) in [7, 11) is 0. The average Bonchev–Trinajstić information content (AvgIpc) is 2.91. The molecular weight excluding hydrogens is 228 g/mol. The summed E-state index contributed by atoms with van der Waals surface area (Å²) >= 11 is 0. The molecule has 1 saturated heterocycles. The first kappa shape index (κ1) is 11.1. The number of carbonyl (C=O) groups excluding carboxylic acids is 1. The molecule has 2 heterocycles. The lowest BCUT2D eigenvalue weighted by molar-refractivity contribution is 0.0940. The van der Waals surface area contributed by atoms with Gasteiger partial charge in [-0.15, -0.1) is 0 Å². The standard InChI is InChI=1S/C13H14N4O/c18-13(17-10-3-4-14-8-10)9-1-2-11-12(7-9)16-6-5-15-11/h1-2,5-7,10,14H,3-4,8H2,(H,17,18). The number of nitrogens with zero attached hydrogens (tertiary/aromatic N) is 2. The predicted molar refractivity (Wildman–Crippen MR) is 68.3 cm³/mol. The van der Waals surface area contributed by atoms with Crippen molar-refractivity contribution in [3.8, 4) is 0 Å². The Morgan fingerprint density at radius 1 is 1.28 bits per heavy atom. The number of carbonyl (C=O) groups is 1. The first-order valence-corrected chi connectivity index (χ1v) is 6.05. The first-order chi connectivity index (χ1) is 8.83. The van der Waals surface area contributed by atoms with Crippen LogP contribution in [0.3, 0.4) is 0 Å². The summed E-state index contributed by atoms with van der Waals surface area (Å²) in [6, 6.07) is 5.62. The topological polar surface area (TPSA) is 66.9 Å². The minimum absolute atomic E-state index is 0.0451. The summed E-state index contributed by atoms with van der Waals surface area (Å²) in [4.78, 5) is 20.4. The van der Waals surface area contributed by atoms with Gasteiger partial charge in [-0.2, -0.15) is 0 Å². The third-order valence-electron chi connectivity index (χ3n) is 3.13. The third kappa shape index (κ3) is 2.17. The average molecular weight is 242 g/mol. The van der Waals surface area contributed by atoms with E-state index in [1.165, 1.54) is 0 Å². The van der Waals surface area contributed by atoms with Gasteiger partial charge in [0.05, 0.1) is 11.0 Å². The molecule has 0 aliphatic carbocycles. The maximum absolute atomic E-state index is 12.1. The fourth-order valence-electron chi connectivity index (χ4n) is 2.15. The maximum Gasteiger partial charge on any atom is 0.251 e. The lowest BCUT2D eigenvalue weighted by atomic mass is 10.1. The van der Waals surface area contributed by atoms with E-state index in [9.17, 15) is 4.79 Å². The van der Waals surface area contributed by atoms with Crippen molar-refractivity contribution in [2.45, 2.75) is 12.5 Å². The summed E-state index contributed by atoms with van der Waals surface area (Å²) in [6.45, 7) is 1.81. The van der Waals surface area contributed by atoms with E-state index in [0.717, 1.165) is 30.5 Å². The fraction of sp³-hybridized carbons (Fsp3) is 0.308. The van der Waals surface area contributed by atoms with Gasteiger partial charge in [0.1, 0.15) is 0 Å². The Kier molecular flexibility index (Phi) is 2.90. The van der Waals surface area contributed by atoms with E-state index in [1.54, 1.807) is 24.5 Å². The molecule has 0 spiro atoms. The van der Waals surface area contributed by atoms with Crippen molar-refractivity contribution < 1.29 is 4.79 Å². The molecule has 3 rings (SSSR count). The summed E-state index contributed by atoms with van der Waals surface area (Å²) in [6.07, 6.45) is 4.26.